The van der Waals surface area contributed by atoms with E-state index in [1.54, 1.807) is 0 Å². The molecule has 0 aromatic carbocycles. The summed E-state index contributed by atoms with van der Waals surface area (Å²) in [5.41, 5.74) is 0. The molecule has 1 aromatic heterocycles. The summed E-state index contributed by atoms with van der Waals surface area (Å²) in [6.45, 7) is 9.21. The summed E-state index contributed by atoms with van der Waals surface area (Å²) in [6, 6.07) is 0. The van der Waals surface area contributed by atoms with Crippen LogP contribution in [0.1, 0.15) is 38.6 Å². The molecule has 106 valence electrons. The fourth-order valence-electron chi connectivity index (χ4n) is 1.97. The standard InChI is InChI=1S/C13H21N3O3/c1-4-16-5-6-18-11(8-16)13-14-12(19-15-13)7-10(17)9(2)3/h9,11H,4-8H2,1-3H3. The van der Waals surface area contributed by atoms with Gasteiger partial charge >= 0.3 is 0 Å². The predicted octanol–water partition coefficient (Wildman–Crippen LogP) is 1.23. The molecule has 1 aromatic rings. The fourth-order valence-corrected chi connectivity index (χ4v) is 1.97. The number of rotatable bonds is 5. The molecule has 0 bridgehead atoms. The number of carbonyl (C=O) groups excluding carboxylic acids is 1. The van der Waals surface area contributed by atoms with E-state index < -0.39 is 0 Å². The lowest BCUT2D eigenvalue weighted by molar-refractivity contribution is -0.121. The van der Waals surface area contributed by atoms with E-state index in [-0.39, 0.29) is 24.2 Å². The zero-order valence-electron chi connectivity index (χ0n) is 11.8. The summed E-state index contributed by atoms with van der Waals surface area (Å²) in [4.78, 5) is 18.2. The van der Waals surface area contributed by atoms with Crippen molar-refractivity contribution in [2.75, 3.05) is 26.2 Å². The Labute approximate surface area is 113 Å². The minimum atomic E-state index is -0.152. The zero-order valence-corrected chi connectivity index (χ0v) is 11.8. The first-order valence-electron chi connectivity index (χ1n) is 6.79. The Balaban J connectivity index is 1.98. The van der Waals surface area contributed by atoms with Gasteiger partial charge in [-0.25, -0.2) is 0 Å². The van der Waals surface area contributed by atoms with Crippen LogP contribution in [0.3, 0.4) is 0 Å². The van der Waals surface area contributed by atoms with Crippen molar-refractivity contribution in [1.29, 1.82) is 0 Å². The van der Waals surface area contributed by atoms with Crippen molar-refractivity contribution in [3.8, 4) is 0 Å². The lowest BCUT2D eigenvalue weighted by Crippen LogP contribution is -2.38. The second-order valence-corrected chi connectivity index (χ2v) is 5.10. The summed E-state index contributed by atoms with van der Waals surface area (Å²) in [7, 11) is 0. The zero-order chi connectivity index (χ0) is 13.8. The second kappa shape index (κ2) is 6.25. The molecule has 0 aliphatic carbocycles. The first-order valence-corrected chi connectivity index (χ1v) is 6.79. The number of likely N-dealkylation sites (N-methyl/N-ethyl adjacent to an activating group) is 1. The summed E-state index contributed by atoms with van der Waals surface area (Å²) in [6.07, 6.45) is 0.0508. The van der Waals surface area contributed by atoms with E-state index in [1.165, 1.54) is 0 Å². The molecule has 1 atom stereocenters. The van der Waals surface area contributed by atoms with E-state index >= 15 is 0 Å². The molecule has 1 unspecified atom stereocenters. The maximum atomic E-state index is 11.6. The molecule has 0 spiro atoms. The number of hydrogen-bond donors (Lipinski definition) is 0. The van der Waals surface area contributed by atoms with Crippen LogP contribution in [0.2, 0.25) is 0 Å². The molecular formula is C13H21N3O3. The van der Waals surface area contributed by atoms with Gasteiger partial charge in [0.15, 0.2) is 0 Å². The molecule has 6 heteroatoms. The van der Waals surface area contributed by atoms with Gasteiger partial charge in [0.1, 0.15) is 11.9 Å². The van der Waals surface area contributed by atoms with Gasteiger partial charge in [-0.1, -0.05) is 25.9 Å². The quantitative estimate of drug-likeness (QED) is 0.799. The molecule has 0 amide bonds. The molecule has 2 heterocycles. The van der Waals surface area contributed by atoms with Crippen LogP contribution >= 0.6 is 0 Å². The molecular weight excluding hydrogens is 246 g/mol. The minimum Gasteiger partial charge on any atom is -0.367 e. The van der Waals surface area contributed by atoms with Crippen molar-refractivity contribution >= 4 is 5.78 Å². The summed E-state index contributed by atoms with van der Waals surface area (Å²) in [5.74, 6) is 1.02. The Morgan fingerprint density at radius 1 is 1.53 bits per heavy atom. The smallest absolute Gasteiger partial charge is 0.234 e. The molecule has 0 saturated carbocycles. The van der Waals surface area contributed by atoms with E-state index in [1.807, 2.05) is 13.8 Å². The average molecular weight is 267 g/mol. The monoisotopic (exact) mass is 267 g/mol. The summed E-state index contributed by atoms with van der Waals surface area (Å²) < 4.78 is 10.8. The number of carbonyl (C=O) groups is 1. The van der Waals surface area contributed by atoms with Crippen LogP contribution in [-0.2, 0) is 16.0 Å². The molecule has 19 heavy (non-hydrogen) atoms. The highest BCUT2D eigenvalue weighted by molar-refractivity contribution is 5.81. The second-order valence-electron chi connectivity index (χ2n) is 5.10. The van der Waals surface area contributed by atoms with Crippen LogP contribution in [0.25, 0.3) is 0 Å². The molecule has 2 rings (SSSR count). The van der Waals surface area contributed by atoms with E-state index in [9.17, 15) is 4.79 Å². The van der Waals surface area contributed by atoms with E-state index in [4.69, 9.17) is 9.26 Å². The van der Waals surface area contributed by atoms with Crippen LogP contribution < -0.4 is 0 Å². The lowest BCUT2D eigenvalue weighted by atomic mass is 10.1. The van der Waals surface area contributed by atoms with Gasteiger partial charge in [-0.15, -0.1) is 0 Å². The van der Waals surface area contributed by atoms with Gasteiger partial charge in [0.2, 0.25) is 11.7 Å². The maximum absolute atomic E-state index is 11.6. The highest BCUT2D eigenvalue weighted by Crippen LogP contribution is 2.19. The highest BCUT2D eigenvalue weighted by atomic mass is 16.5. The van der Waals surface area contributed by atoms with Gasteiger partial charge in [0.05, 0.1) is 13.0 Å². The SMILES string of the molecule is CCN1CCOC(c2noc(CC(=O)C(C)C)n2)C1. The fraction of sp³-hybridized carbons (Fsp3) is 0.769. The predicted molar refractivity (Wildman–Crippen MR) is 68.7 cm³/mol. The Morgan fingerprint density at radius 2 is 2.32 bits per heavy atom. The third-order valence-electron chi connectivity index (χ3n) is 3.34. The number of hydrogen-bond acceptors (Lipinski definition) is 6. The third-order valence-corrected chi connectivity index (χ3v) is 3.34. The van der Waals surface area contributed by atoms with Crippen molar-refractivity contribution in [2.45, 2.75) is 33.3 Å². The van der Waals surface area contributed by atoms with Gasteiger partial charge in [0.25, 0.3) is 0 Å². The molecule has 1 aliphatic rings. The minimum absolute atomic E-state index is 0.0168. The largest absolute Gasteiger partial charge is 0.367 e. The van der Waals surface area contributed by atoms with Crippen molar-refractivity contribution in [1.82, 2.24) is 15.0 Å². The van der Waals surface area contributed by atoms with Crippen LogP contribution in [-0.4, -0.2) is 47.1 Å². The van der Waals surface area contributed by atoms with E-state index in [0.717, 1.165) is 19.6 Å². The number of morpholine rings is 1. The number of nitrogens with zero attached hydrogens (tertiary/aromatic N) is 3. The molecule has 0 radical (unpaired) electrons. The molecule has 1 saturated heterocycles. The average Bonchev–Trinajstić information content (AvgIpc) is 2.87. The van der Waals surface area contributed by atoms with Gasteiger partial charge in [-0.05, 0) is 6.54 Å². The summed E-state index contributed by atoms with van der Waals surface area (Å²) in [5, 5.41) is 3.93. The van der Waals surface area contributed by atoms with Crippen LogP contribution in [0.15, 0.2) is 4.52 Å². The maximum Gasteiger partial charge on any atom is 0.234 e. The molecule has 1 aliphatic heterocycles. The third kappa shape index (κ3) is 3.61. The number of ether oxygens (including phenoxy) is 1. The lowest BCUT2D eigenvalue weighted by Gasteiger charge is -2.30. The number of aromatic nitrogens is 2. The van der Waals surface area contributed by atoms with Crippen LogP contribution in [0.5, 0.6) is 0 Å². The Hall–Kier alpha value is -1.27. The van der Waals surface area contributed by atoms with Crippen molar-refractivity contribution < 1.29 is 14.1 Å². The van der Waals surface area contributed by atoms with Crippen LogP contribution in [0, 0.1) is 5.92 Å². The number of ketones is 1. The van der Waals surface area contributed by atoms with Gasteiger partial charge in [0, 0.05) is 19.0 Å². The molecule has 0 N–H and O–H groups in total. The first-order chi connectivity index (χ1) is 9.10. The molecule has 1 fully saturated rings. The summed E-state index contributed by atoms with van der Waals surface area (Å²) >= 11 is 0. The van der Waals surface area contributed by atoms with Gasteiger partial charge in [-0.2, -0.15) is 4.98 Å². The Bertz CT molecular complexity index is 431. The molecule has 6 nitrogen and oxygen atoms in total. The normalized spacial score (nSPS) is 20.9. The van der Waals surface area contributed by atoms with Crippen molar-refractivity contribution in [3.05, 3.63) is 11.7 Å². The topological polar surface area (TPSA) is 68.5 Å². The van der Waals surface area contributed by atoms with Gasteiger partial charge in [-0.3, -0.25) is 9.69 Å². The van der Waals surface area contributed by atoms with Crippen LogP contribution in [0.4, 0.5) is 0 Å². The van der Waals surface area contributed by atoms with Gasteiger partial charge < -0.3 is 9.26 Å². The van der Waals surface area contributed by atoms with Crippen molar-refractivity contribution in [2.24, 2.45) is 5.92 Å². The Morgan fingerprint density at radius 3 is 3.00 bits per heavy atom. The Kier molecular flexibility index (Phi) is 4.66. The van der Waals surface area contributed by atoms with E-state index in [0.29, 0.717) is 18.3 Å². The van der Waals surface area contributed by atoms with Crippen molar-refractivity contribution in [3.63, 3.8) is 0 Å². The first kappa shape index (κ1) is 14.1. The highest BCUT2D eigenvalue weighted by Gasteiger charge is 2.26. The van der Waals surface area contributed by atoms with E-state index in [2.05, 4.69) is 22.0 Å². The number of Topliss-reactive ketones (excluding diaryl/α,β-unsaturated/α-hetero) is 1.